The number of hydrogen-bond acceptors (Lipinski definition) is 2. The molecule has 0 saturated heterocycles. The molecule has 0 bridgehead atoms. The van der Waals surface area contributed by atoms with Crippen molar-refractivity contribution in [2.24, 2.45) is 4.99 Å². The lowest BCUT2D eigenvalue weighted by Gasteiger charge is -2.11. The third-order valence-electron chi connectivity index (χ3n) is 2.66. The highest BCUT2D eigenvalue weighted by Gasteiger charge is 2.02. The maximum absolute atomic E-state index is 11.6. The van der Waals surface area contributed by atoms with Gasteiger partial charge in [-0.1, -0.05) is 43.3 Å². The maximum Gasteiger partial charge on any atom is 0.239 e. The molecule has 1 rings (SSSR count). The molecule has 1 amide bonds. The zero-order valence-electron chi connectivity index (χ0n) is 13.0. The quantitative estimate of drug-likeness (QED) is 0.263. The maximum atomic E-state index is 11.6. The minimum absolute atomic E-state index is 0. The molecule has 6 heteroatoms. The number of rotatable bonds is 8. The van der Waals surface area contributed by atoms with Gasteiger partial charge in [0.1, 0.15) is 0 Å². The molecule has 0 radical (unpaired) electrons. The van der Waals surface area contributed by atoms with E-state index < -0.39 is 0 Å². The van der Waals surface area contributed by atoms with Gasteiger partial charge in [-0.05, 0) is 12.0 Å². The van der Waals surface area contributed by atoms with E-state index >= 15 is 0 Å². The molecule has 0 heterocycles. The number of carbonyl (C=O) groups excluding carboxylic acids is 1. The first-order valence-corrected chi connectivity index (χ1v) is 7.20. The summed E-state index contributed by atoms with van der Waals surface area (Å²) in [6.07, 6.45) is 2.67. The van der Waals surface area contributed by atoms with Crippen molar-refractivity contribution in [2.45, 2.75) is 19.9 Å². The molecule has 0 saturated carbocycles. The van der Waals surface area contributed by atoms with E-state index in [4.69, 9.17) is 0 Å². The van der Waals surface area contributed by atoms with Crippen LogP contribution in [0, 0.1) is 0 Å². The van der Waals surface area contributed by atoms with E-state index in [0.29, 0.717) is 25.6 Å². The summed E-state index contributed by atoms with van der Waals surface area (Å²) in [5, 5.41) is 8.92. The molecule has 0 aliphatic rings. The van der Waals surface area contributed by atoms with Crippen molar-refractivity contribution in [3.8, 4) is 0 Å². The number of halogens is 1. The third-order valence-corrected chi connectivity index (χ3v) is 2.66. The van der Waals surface area contributed by atoms with Crippen LogP contribution >= 0.6 is 24.0 Å². The summed E-state index contributed by atoms with van der Waals surface area (Å²) in [5.41, 5.74) is 1.12. The molecule has 0 aliphatic heterocycles. The van der Waals surface area contributed by atoms with Gasteiger partial charge in [-0.25, -0.2) is 4.99 Å². The minimum Gasteiger partial charge on any atom is -0.355 e. The molecular weight excluding hydrogens is 391 g/mol. The SMILES string of the molecule is C=CCNC(=NCc1ccccc1)NCC(=O)NCCC.I. The number of benzene rings is 1. The Morgan fingerprint density at radius 2 is 1.95 bits per heavy atom. The second kappa shape index (κ2) is 13.1. The van der Waals surface area contributed by atoms with Gasteiger partial charge >= 0.3 is 0 Å². The molecule has 0 spiro atoms. The lowest BCUT2D eigenvalue weighted by molar-refractivity contribution is -0.120. The van der Waals surface area contributed by atoms with Crippen LogP contribution in [0.25, 0.3) is 0 Å². The predicted molar refractivity (Wildman–Crippen MR) is 102 cm³/mol. The number of guanidine groups is 1. The highest BCUT2D eigenvalue weighted by Crippen LogP contribution is 1.99. The number of aliphatic imine (C=N–C) groups is 1. The Hall–Kier alpha value is -1.57. The van der Waals surface area contributed by atoms with Crippen molar-refractivity contribution in [3.63, 3.8) is 0 Å². The first kappa shape index (κ1) is 20.4. The van der Waals surface area contributed by atoms with Gasteiger partial charge in [0.2, 0.25) is 5.91 Å². The van der Waals surface area contributed by atoms with Crippen molar-refractivity contribution in [1.82, 2.24) is 16.0 Å². The largest absolute Gasteiger partial charge is 0.355 e. The number of nitrogens with zero attached hydrogens (tertiary/aromatic N) is 1. The van der Waals surface area contributed by atoms with Gasteiger partial charge in [-0.2, -0.15) is 0 Å². The Morgan fingerprint density at radius 3 is 2.59 bits per heavy atom. The van der Waals surface area contributed by atoms with Crippen molar-refractivity contribution < 1.29 is 4.79 Å². The molecule has 22 heavy (non-hydrogen) atoms. The number of hydrogen-bond donors (Lipinski definition) is 3. The zero-order valence-corrected chi connectivity index (χ0v) is 15.3. The van der Waals surface area contributed by atoms with Crippen molar-refractivity contribution >= 4 is 35.8 Å². The smallest absolute Gasteiger partial charge is 0.239 e. The molecule has 3 N–H and O–H groups in total. The topological polar surface area (TPSA) is 65.5 Å². The van der Waals surface area contributed by atoms with Crippen LogP contribution in [0.3, 0.4) is 0 Å². The normalized spacial score (nSPS) is 10.3. The van der Waals surface area contributed by atoms with E-state index in [9.17, 15) is 4.79 Å². The average molecular weight is 416 g/mol. The lowest BCUT2D eigenvalue weighted by Crippen LogP contribution is -2.43. The van der Waals surface area contributed by atoms with E-state index in [-0.39, 0.29) is 36.4 Å². The second-order valence-electron chi connectivity index (χ2n) is 4.52. The monoisotopic (exact) mass is 416 g/mol. The van der Waals surface area contributed by atoms with Crippen LogP contribution in [0.5, 0.6) is 0 Å². The molecule has 0 atom stereocenters. The Labute approximate surface area is 149 Å². The van der Waals surface area contributed by atoms with Gasteiger partial charge in [0.25, 0.3) is 0 Å². The fourth-order valence-corrected chi connectivity index (χ4v) is 1.59. The van der Waals surface area contributed by atoms with Crippen molar-refractivity contribution in [2.75, 3.05) is 19.6 Å². The summed E-state index contributed by atoms with van der Waals surface area (Å²) in [7, 11) is 0. The standard InChI is InChI=1S/C16H24N4O.HI/c1-3-10-17-15(21)13-20-16(18-11-4-2)19-12-14-8-6-5-7-9-14;/h4-9H,2-3,10-13H2,1H3,(H,17,21)(H2,18,19,20);1H. The Kier molecular flexibility index (Phi) is 12.2. The van der Waals surface area contributed by atoms with E-state index in [1.54, 1.807) is 6.08 Å². The van der Waals surface area contributed by atoms with Crippen molar-refractivity contribution in [1.29, 1.82) is 0 Å². The molecule has 0 fully saturated rings. The van der Waals surface area contributed by atoms with Crippen LogP contribution in [0.4, 0.5) is 0 Å². The highest BCUT2D eigenvalue weighted by atomic mass is 127. The van der Waals surface area contributed by atoms with Crippen LogP contribution in [-0.2, 0) is 11.3 Å². The summed E-state index contributed by atoms with van der Waals surface area (Å²) in [4.78, 5) is 16.0. The van der Waals surface area contributed by atoms with Gasteiger partial charge in [0.05, 0.1) is 13.1 Å². The van der Waals surface area contributed by atoms with E-state index in [2.05, 4.69) is 27.5 Å². The molecular formula is C16H25IN4O. The molecule has 0 unspecified atom stereocenters. The van der Waals surface area contributed by atoms with E-state index in [1.807, 2.05) is 37.3 Å². The summed E-state index contributed by atoms with van der Waals surface area (Å²) in [5.74, 6) is 0.565. The predicted octanol–water partition coefficient (Wildman–Crippen LogP) is 2.05. The molecule has 1 aromatic rings. The van der Waals surface area contributed by atoms with E-state index in [0.717, 1.165) is 12.0 Å². The van der Waals surface area contributed by atoms with Gasteiger partial charge in [0, 0.05) is 13.1 Å². The van der Waals surface area contributed by atoms with Crippen LogP contribution in [0.2, 0.25) is 0 Å². The summed E-state index contributed by atoms with van der Waals surface area (Å²) in [6.45, 7) is 7.73. The fourth-order valence-electron chi connectivity index (χ4n) is 1.59. The molecule has 1 aromatic carbocycles. The number of nitrogens with one attached hydrogen (secondary N) is 3. The van der Waals surface area contributed by atoms with Crippen molar-refractivity contribution in [3.05, 3.63) is 48.6 Å². The Bertz CT molecular complexity index is 462. The highest BCUT2D eigenvalue weighted by molar-refractivity contribution is 14.0. The first-order valence-electron chi connectivity index (χ1n) is 7.20. The van der Waals surface area contributed by atoms with Gasteiger partial charge in [0.15, 0.2) is 5.96 Å². The average Bonchev–Trinajstić information content (AvgIpc) is 2.53. The van der Waals surface area contributed by atoms with Crippen LogP contribution in [0.15, 0.2) is 48.0 Å². The molecule has 5 nitrogen and oxygen atoms in total. The number of carbonyl (C=O) groups is 1. The van der Waals surface area contributed by atoms with Gasteiger partial charge < -0.3 is 16.0 Å². The molecule has 122 valence electrons. The zero-order chi connectivity index (χ0) is 15.3. The molecule has 0 aliphatic carbocycles. The van der Waals surface area contributed by atoms with E-state index in [1.165, 1.54) is 0 Å². The molecule has 0 aromatic heterocycles. The summed E-state index contributed by atoms with van der Waals surface area (Å²) < 4.78 is 0. The fraction of sp³-hybridized carbons (Fsp3) is 0.375. The Balaban J connectivity index is 0.00000441. The van der Waals surface area contributed by atoms with Gasteiger partial charge in [-0.3, -0.25) is 4.79 Å². The first-order chi connectivity index (χ1) is 10.3. The van der Waals surface area contributed by atoms with Crippen LogP contribution in [-0.4, -0.2) is 31.5 Å². The van der Waals surface area contributed by atoms with Gasteiger partial charge in [-0.15, -0.1) is 30.6 Å². The second-order valence-corrected chi connectivity index (χ2v) is 4.52. The van der Waals surface area contributed by atoms with Crippen LogP contribution < -0.4 is 16.0 Å². The number of amides is 1. The Morgan fingerprint density at radius 1 is 1.23 bits per heavy atom. The summed E-state index contributed by atoms with van der Waals surface area (Å²) in [6, 6.07) is 9.96. The van der Waals surface area contributed by atoms with Crippen LogP contribution in [0.1, 0.15) is 18.9 Å². The lowest BCUT2D eigenvalue weighted by atomic mass is 10.2. The third kappa shape index (κ3) is 9.38. The minimum atomic E-state index is -0.0373. The summed E-state index contributed by atoms with van der Waals surface area (Å²) >= 11 is 0.